The molecule has 0 unspecified atom stereocenters. The Morgan fingerprint density at radius 2 is 1.95 bits per heavy atom. The summed E-state index contributed by atoms with van der Waals surface area (Å²) in [6.45, 7) is 10.6. The van der Waals surface area contributed by atoms with E-state index in [9.17, 15) is 0 Å². The number of hydrogen-bond donors (Lipinski definition) is 1. The number of nitrogens with zero attached hydrogens (tertiary/aromatic N) is 1. The second-order valence-electron chi connectivity index (χ2n) is 5.29. The van der Waals surface area contributed by atoms with Crippen molar-refractivity contribution in [3.8, 4) is 5.69 Å². The number of rotatable bonds is 5. The van der Waals surface area contributed by atoms with E-state index in [-0.39, 0.29) is 0 Å². The van der Waals surface area contributed by atoms with Gasteiger partial charge in [0.15, 0.2) is 0 Å². The Balaban J connectivity index is 2.40. The van der Waals surface area contributed by atoms with E-state index in [0.717, 1.165) is 30.1 Å². The van der Waals surface area contributed by atoms with Gasteiger partial charge >= 0.3 is 0 Å². The average molecular weight is 291 g/mol. The summed E-state index contributed by atoms with van der Waals surface area (Å²) in [5, 5.41) is 4.29. The highest BCUT2D eigenvalue weighted by molar-refractivity contribution is 6.31. The Kier molecular flexibility index (Phi) is 4.90. The summed E-state index contributed by atoms with van der Waals surface area (Å²) >= 11 is 6.25. The highest BCUT2D eigenvalue weighted by Gasteiger charge is 2.12. The quantitative estimate of drug-likeness (QED) is 0.799. The van der Waals surface area contributed by atoms with Crippen LogP contribution in [0.1, 0.15) is 35.9 Å². The fourth-order valence-electron chi connectivity index (χ4n) is 2.62. The van der Waals surface area contributed by atoms with E-state index in [4.69, 9.17) is 11.6 Å². The third kappa shape index (κ3) is 2.92. The highest BCUT2D eigenvalue weighted by atomic mass is 35.5. The van der Waals surface area contributed by atoms with Crippen LogP contribution in [0.4, 0.5) is 0 Å². The molecule has 0 bridgehead atoms. The Morgan fingerprint density at radius 3 is 2.65 bits per heavy atom. The molecule has 0 aliphatic rings. The normalized spacial score (nSPS) is 11.1. The minimum Gasteiger partial charge on any atom is -0.318 e. The molecule has 2 rings (SSSR count). The van der Waals surface area contributed by atoms with Crippen molar-refractivity contribution in [1.82, 2.24) is 9.88 Å². The van der Waals surface area contributed by atoms with Crippen LogP contribution in [-0.2, 0) is 6.54 Å². The number of aryl methyl sites for hydroxylation is 1. The van der Waals surface area contributed by atoms with Gasteiger partial charge in [-0.2, -0.15) is 0 Å². The first kappa shape index (κ1) is 15.1. The monoisotopic (exact) mass is 290 g/mol. The lowest BCUT2D eigenvalue weighted by atomic mass is 10.2. The van der Waals surface area contributed by atoms with E-state index < -0.39 is 0 Å². The van der Waals surface area contributed by atoms with Crippen LogP contribution in [-0.4, -0.2) is 11.1 Å². The molecule has 0 saturated carbocycles. The third-order valence-electron chi connectivity index (χ3n) is 3.76. The van der Waals surface area contributed by atoms with Gasteiger partial charge in [0.25, 0.3) is 0 Å². The highest BCUT2D eigenvalue weighted by Crippen LogP contribution is 2.27. The molecule has 1 aromatic carbocycles. The van der Waals surface area contributed by atoms with Gasteiger partial charge in [-0.25, -0.2) is 0 Å². The molecule has 108 valence electrons. The lowest BCUT2D eigenvalue weighted by Crippen LogP contribution is -2.14. The van der Waals surface area contributed by atoms with E-state index in [1.54, 1.807) is 0 Å². The van der Waals surface area contributed by atoms with Gasteiger partial charge in [0.05, 0.1) is 0 Å². The van der Waals surface area contributed by atoms with Crippen molar-refractivity contribution >= 4 is 11.6 Å². The van der Waals surface area contributed by atoms with E-state index in [0.29, 0.717) is 0 Å². The summed E-state index contributed by atoms with van der Waals surface area (Å²) in [5.41, 5.74) is 6.20. The van der Waals surface area contributed by atoms with Crippen LogP contribution in [0.15, 0.2) is 24.3 Å². The summed E-state index contributed by atoms with van der Waals surface area (Å²) < 4.78 is 2.30. The first-order valence-electron chi connectivity index (χ1n) is 7.20. The molecule has 0 fully saturated rings. The van der Waals surface area contributed by atoms with Gasteiger partial charge < -0.3 is 9.88 Å². The van der Waals surface area contributed by atoms with Gasteiger partial charge in [-0.1, -0.05) is 24.6 Å². The number of nitrogens with one attached hydrogen (secondary N) is 1. The molecule has 0 spiro atoms. The largest absolute Gasteiger partial charge is 0.318 e. The zero-order valence-electron chi connectivity index (χ0n) is 12.8. The third-order valence-corrected chi connectivity index (χ3v) is 4.17. The number of hydrogen-bond acceptors (Lipinski definition) is 1. The maximum atomic E-state index is 6.25. The topological polar surface area (TPSA) is 17.0 Å². The van der Waals surface area contributed by atoms with Gasteiger partial charge in [-0.3, -0.25) is 0 Å². The van der Waals surface area contributed by atoms with Gasteiger partial charge in [-0.05, 0) is 63.1 Å². The number of aromatic nitrogens is 1. The van der Waals surface area contributed by atoms with Crippen molar-refractivity contribution in [1.29, 1.82) is 0 Å². The molecule has 0 saturated heterocycles. The van der Waals surface area contributed by atoms with Crippen LogP contribution < -0.4 is 5.32 Å². The summed E-state index contributed by atoms with van der Waals surface area (Å²) in [4.78, 5) is 0. The van der Waals surface area contributed by atoms with Crippen LogP contribution in [0.3, 0.4) is 0 Å². The molecule has 1 aromatic heterocycles. The van der Waals surface area contributed by atoms with Crippen LogP contribution in [0.25, 0.3) is 5.69 Å². The number of halogens is 1. The molecule has 3 heteroatoms. The summed E-state index contributed by atoms with van der Waals surface area (Å²) in [7, 11) is 0. The molecule has 20 heavy (non-hydrogen) atoms. The lowest BCUT2D eigenvalue weighted by Gasteiger charge is -2.14. The summed E-state index contributed by atoms with van der Waals surface area (Å²) in [6.07, 6.45) is 1.16. The van der Waals surface area contributed by atoms with Gasteiger partial charge in [0.2, 0.25) is 0 Å². The molecule has 2 aromatic rings. The molecule has 1 heterocycles. The second kappa shape index (κ2) is 6.47. The molecule has 0 aliphatic carbocycles. The zero-order valence-corrected chi connectivity index (χ0v) is 13.5. The maximum absolute atomic E-state index is 6.25. The predicted octanol–water partition coefficient (Wildman–Crippen LogP) is 4.56. The molecule has 0 aliphatic heterocycles. The molecule has 0 radical (unpaired) electrons. The minimum atomic E-state index is 0.820. The first-order chi connectivity index (χ1) is 9.56. The van der Waals surface area contributed by atoms with Gasteiger partial charge in [0, 0.05) is 28.6 Å². The summed E-state index contributed by atoms with van der Waals surface area (Å²) in [6, 6.07) is 8.35. The van der Waals surface area contributed by atoms with E-state index >= 15 is 0 Å². The molecule has 1 N–H and O–H groups in total. The molecule has 2 nitrogen and oxygen atoms in total. The fraction of sp³-hybridized carbons (Fsp3) is 0.412. The van der Waals surface area contributed by atoms with Crippen LogP contribution in [0.2, 0.25) is 5.02 Å². The van der Waals surface area contributed by atoms with E-state index in [2.05, 4.69) is 49.7 Å². The standard InChI is InChI=1S/C17H23ClN2/c1-5-9-19-11-15-10-12(2)20(14(15)4)17-8-6-7-16(18)13(17)3/h6-8,10,19H,5,9,11H2,1-4H3. The van der Waals surface area contributed by atoms with Crippen molar-refractivity contribution in [2.24, 2.45) is 0 Å². The first-order valence-corrected chi connectivity index (χ1v) is 7.58. The van der Waals surface area contributed by atoms with Gasteiger partial charge in [-0.15, -0.1) is 0 Å². The Labute approximate surface area is 126 Å². The van der Waals surface area contributed by atoms with Crippen molar-refractivity contribution < 1.29 is 0 Å². The Hall–Kier alpha value is -1.25. The lowest BCUT2D eigenvalue weighted by molar-refractivity contribution is 0.672. The molecular weight excluding hydrogens is 268 g/mol. The van der Waals surface area contributed by atoms with Crippen LogP contribution in [0, 0.1) is 20.8 Å². The molecular formula is C17H23ClN2. The number of benzene rings is 1. The SMILES string of the molecule is CCCNCc1cc(C)n(-c2cccc(Cl)c2C)c1C. The van der Waals surface area contributed by atoms with Crippen molar-refractivity contribution in [2.75, 3.05) is 6.54 Å². The predicted molar refractivity (Wildman–Crippen MR) is 87.0 cm³/mol. The minimum absolute atomic E-state index is 0.820. The fourth-order valence-corrected chi connectivity index (χ4v) is 2.79. The Bertz CT molecular complexity index is 599. The van der Waals surface area contributed by atoms with Gasteiger partial charge in [0.1, 0.15) is 0 Å². The molecule has 0 amide bonds. The summed E-state index contributed by atoms with van der Waals surface area (Å²) in [5.74, 6) is 0. The second-order valence-corrected chi connectivity index (χ2v) is 5.70. The average Bonchev–Trinajstić information content (AvgIpc) is 2.69. The smallest absolute Gasteiger partial charge is 0.0499 e. The molecule has 0 atom stereocenters. The van der Waals surface area contributed by atoms with Crippen molar-refractivity contribution in [3.05, 3.63) is 51.8 Å². The van der Waals surface area contributed by atoms with Crippen molar-refractivity contribution in [3.63, 3.8) is 0 Å². The maximum Gasteiger partial charge on any atom is 0.0499 e. The zero-order chi connectivity index (χ0) is 14.7. The Morgan fingerprint density at radius 1 is 1.20 bits per heavy atom. The van der Waals surface area contributed by atoms with E-state index in [1.165, 1.54) is 22.6 Å². The van der Waals surface area contributed by atoms with E-state index in [1.807, 2.05) is 12.1 Å². The van der Waals surface area contributed by atoms with Crippen LogP contribution in [0.5, 0.6) is 0 Å². The van der Waals surface area contributed by atoms with Crippen molar-refractivity contribution in [2.45, 2.75) is 40.7 Å². The van der Waals surface area contributed by atoms with Crippen LogP contribution >= 0.6 is 11.6 Å².